The Balaban J connectivity index is 1.51. The van der Waals surface area contributed by atoms with E-state index in [-0.39, 0.29) is 48.7 Å². The zero-order valence-electron chi connectivity index (χ0n) is 20.8. The van der Waals surface area contributed by atoms with Crippen molar-refractivity contribution in [1.29, 1.82) is 0 Å². The van der Waals surface area contributed by atoms with Crippen LogP contribution < -0.4 is 14.4 Å². The summed E-state index contributed by atoms with van der Waals surface area (Å²) in [6.07, 6.45) is 3.36. The number of methoxy groups -OCH3 is 2. The molecule has 204 valence electrons. The van der Waals surface area contributed by atoms with Gasteiger partial charge in [0.05, 0.1) is 38.0 Å². The molecule has 3 aromatic rings. The van der Waals surface area contributed by atoms with E-state index in [1.165, 1.54) is 30.0 Å². The van der Waals surface area contributed by atoms with Gasteiger partial charge >= 0.3 is 0 Å². The van der Waals surface area contributed by atoms with Crippen molar-refractivity contribution in [2.75, 3.05) is 38.8 Å². The van der Waals surface area contributed by atoms with Crippen molar-refractivity contribution in [3.63, 3.8) is 0 Å². The van der Waals surface area contributed by atoms with E-state index < -0.39 is 38.9 Å². The molecule has 2 aliphatic rings. The van der Waals surface area contributed by atoms with Crippen molar-refractivity contribution in [1.82, 2.24) is 34.7 Å². The van der Waals surface area contributed by atoms with Crippen molar-refractivity contribution < 1.29 is 32.1 Å². The predicted molar refractivity (Wildman–Crippen MR) is 129 cm³/mol. The lowest BCUT2D eigenvalue weighted by Gasteiger charge is -2.35. The third kappa shape index (κ3) is 5.10. The third-order valence-corrected chi connectivity index (χ3v) is 8.47. The van der Waals surface area contributed by atoms with Gasteiger partial charge in [-0.2, -0.15) is 9.97 Å². The number of anilines is 1. The Labute approximate surface area is 217 Å². The zero-order chi connectivity index (χ0) is 26.9. The molecule has 0 saturated carbocycles. The van der Waals surface area contributed by atoms with Gasteiger partial charge in [-0.1, -0.05) is 0 Å². The third-order valence-electron chi connectivity index (χ3n) is 6.46. The number of sulfone groups is 1. The highest BCUT2D eigenvalue weighted by Gasteiger charge is 2.38. The number of hydrogen-bond donors (Lipinski definition) is 1. The minimum atomic E-state index is -3.92. The molecule has 0 amide bonds. The Bertz CT molecular complexity index is 1360. The normalized spacial score (nSPS) is 22.0. The molecule has 38 heavy (non-hydrogen) atoms. The van der Waals surface area contributed by atoms with Crippen molar-refractivity contribution in [3.05, 3.63) is 36.2 Å². The van der Waals surface area contributed by atoms with Crippen LogP contribution in [0.2, 0.25) is 0 Å². The lowest BCUT2D eigenvalue weighted by Crippen LogP contribution is -2.49. The van der Waals surface area contributed by atoms with Crippen LogP contribution in [0.1, 0.15) is 37.0 Å². The van der Waals surface area contributed by atoms with E-state index in [0.717, 1.165) is 18.8 Å². The smallest absolute Gasteiger partial charge is 0.245 e. The first kappa shape index (κ1) is 26.1. The summed E-state index contributed by atoms with van der Waals surface area (Å²) in [6.45, 7) is 0.664. The van der Waals surface area contributed by atoms with Crippen LogP contribution in [-0.4, -0.2) is 93.5 Å². The SMILES string of the molecule is COc1ncnc(OC)c1-n1c(CS(=O)(=O)[C@H]2C[C@H](O)CN(c3ncc(F)cn3)C2)nnc1[C@H]1CCCO1. The van der Waals surface area contributed by atoms with Gasteiger partial charge in [-0.25, -0.2) is 22.8 Å². The number of hydrogen-bond acceptors (Lipinski definition) is 13. The average Bonchev–Trinajstić information content (AvgIpc) is 3.58. The molecule has 14 nitrogen and oxygen atoms in total. The number of β-amino-alcohol motifs (C(OH)–C–C–N with tert-alkyl or cyclic N) is 1. The van der Waals surface area contributed by atoms with Gasteiger partial charge in [0, 0.05) is 19.7 Å². The molecular weight excluding hydrogens is 523 g/mol. The fourth-order valence-electron chi connectivity index (χ4n) is 4.71. The second kappa shape index (κ2) is 10.7. The molecule has 0 aromatic carbocycles. The minimum Gasteiger partial charge on any atom is -0.479 e. The average molecular weight is 551 g/mol. The van der Waals surface area contributed by atoms with E-state index in [1.54, 1.807) is 0 Å². The van der Waals surface area contributed by atoms with E-state index in [4.69, 9.17) is 14.2 Å². The maximum absolute atomic E-state index is 13.7. The number of rotatable bonds is 8. The van der Waals surface area contributed by atoms with Gasteiger partial charge in [-0.05, 0) is 19.3 Å². The molecule has 16 heteroatoms. The van der Waals surface area contributed by atoms with E-state index in [0.29, 0.717) is 18.9 Å². The van der Waals surface area contributed by atoms with Crippen molar-refractivity contribution in [2.45, 2.75) is 42.5 Å². The highest BCUT2D eigenvalue weighted by atomic mass is 32.2. The van der Waals surface area contributed by atoms with E-state index in [1.807, 2.05) is 0 Å². The molecule has 2 saturated heterocycles. The summed E-state index contributed by atoms with van der Waals surface area (Å²) in [5.74, 6) is -0.249. The summed E-state index contributed by atoms with van der Waals surface area (Å²) >= 11 is 0. The Morgan fingerprint density at radius 3 is 2.45 bits per heavy atom. The molecule has 2 aliphatic heterocycles. The molecule has 0 aliphatic carbocycles. The molecular formula is C22H27FN8O6S. The van der Waals surface area contributed by atoms with Crippen LogP contribution in [0.15, 0.2) is 18.7 Å². The fraction of sp³-hybridized carbons (Fsp3) is 0.545. The molecule has 5 rings (SSSR count). The molecule has 3 aromatic heterocycles. The second-order valence-electron chi connectivity index (χ2n) is 8.98. The Morgan fingerprint density at radius 2 is 1.82 bits per heavy atom. The Hall–Kier alpha value is -3.50. The molecule has 0 radical (unpaired) electrons. The quantitative estimate of drug-likeness (QED) is 0.410. The first-order valence-corrected chi connectivity index (χ1v) is 13.6. The Morgan fingerprint density at radius 1 is 1.11 bits per heavy atom. The van der Waals surface area contributed by atoms with E-state index in [2.05, 4.69) is 30.1 Å². The summed E-state index contributed by atoms with van der Waals surface area (Å²) < 4.78 is 58.9. The summed E-state index contributed by atoms with van der Waals surface area (Å²) in [5.41, 5.74) is 0.253. The van der Waals surface area contributed by atoms with Gasteiger partial charge in [0.1, 0.15) is 18.2 Å². The maximum atomic E-state index is 13.7. The molecule has 0 spiro atoms. The highest BCUT2D eigenvalue weighted by molar-refractivity contribution is 7.91. The van der Waals surface area contributed by atoms with Crippen LogP contribution >= 0.6 is 0 Å². The van der Waals surface area contributed by atoms with Gasteiger partial charge in [0.25, 0.3) is 0 Å². The standard InChI is InChI=1S/C22H27FN8O6S/c1-35-20-18(21(36-2)27-12-26-20)31-17(28-29-19(31)16-4-3-5-37-16)11-38(33,34)15-6-14(32)9-30(10-15)22-24-7-13(23)8-25-22/h7-8,12,14-16,32H,3-6,9-11H2,1-2H3/t14-,15-,16+/m0/s1. The topological polar surface area (TPSA) is 168 Å². The first-order valence-electron chi connectivity index (χ1n) is 11.9. The van der Waals surface area contributed by atoms with Crippen molar-refractivity contribution >= 4 is 15.8 Å². The molecule has 0 bridgehead atoms. The lowest BCUT2D eigenvalue weighted by atomic mass is 10.1. The summed E-state index contributed by atoms with van der Waals surface area (Å²) in [6, 6.07) is 0. The second-order valence-corrected chi connectivity index (χ2v) is 11.3. The molecule has 2 fully saturated rings. The van der Waals surface area contributed by atoms with Crippen LogP contribution in [0, 0.1) is 5.82 Å². The lowest BCUT2D eigenvalue weighted by molar-refractivity contribution is 0.103. The maximum Gasteiger partial charge on any atom is 0.245 e. The Kier molecular flexibility index (Phi) is 7.36. The fourth-order valence-corrected chi connectivity index (χ4v) is 6.42. The number of nitrogens with zero attached hydrogens (tertiary/aromatic N) is 8. The molecule has 0 unspecified atom stereocenters. The molecule has 5 heterocycles. The van der Waals surface area contributed by atoms with Crippen LogP contribution in [0.25, 0.3) is 5.69 Å². The number of aliphatic hydroxyl groups excluding tert-OH is 1. The monoisotopic (exact) mass is 550 g/mol. The van der Waals surface area contributed by atoms with Crippen LogP contribution in [0.4, 0.5) is 10.3 Å². The van der Waals surface area contributed by atoms with Crippen molar-refractivity contribution in [3.8, 4) is 17.4 Å². The summed E-state index contributed by atoms with van der Waals surface area (Å²) in [5, 5.41) is 18.0. The summed E-state index contributed by atoms with van der Waals surface area (Å²) in [7, 11) is -1.07. The minimum absolute atomic E-state index is 0.00779. The van der Waals surface area contributed by atoms with Gasteiger partial charge in [0.2, 0.25) is 17.7 Å². The van der Waals surface area contributed by atoms with Crippen LogP contribution in [0.3, 0.4) is 0 Å². The number of aromatic nitrogens is 7. The number of aliphatic hydroxyl groups is 1. The molecule has 1 N–H and O–H groups in total. The number of halogens is 1. The van der Waals surface area contributed by atoms with Crippen LogP contribution in [-0.2, 0) is 20.3 Å². The van der Waals surface area contributed by atoms with Gasteiger partial charge < -0.3 is 24.2 Å². The first-order chi connectivity index (χ1) is 18.3. The van der Waals surface area contributed by atoms with Crippen LogP contribution in [0.5, 0.6) is 11.8 Å². The number of ether oxygens (including phenoxy) is 3. The number of piperidine rings is 1. The van der Waals surface area contributed by atoms with Gasteiger partial charge in [-0.3, -0.25) is 4.57 Å². The highest BCUT2D eigenvalue weighted by Crippen LogP contribution is 2.36. The molecule has 3 atom stereocenters. The largest absolute Gasteiger partial charge is 0.479 e. The summed E-state index contributed by atoms with van der Waals surface area (Å²) in [4.78, 5) is 17.7. The van der Waals surface area contributed by atoms with E-state index in [9.17, 15) is 17.9 Å². The van der Waals surface area contributed by atoms with Gasteiger partial charge in [0.15, 0.2) is 33.0 Å². The predicted octanol–water partition coefficient (Wildman–Crippen LogP) is 0.410. The van der Waals surface area contributed by atoms with E-state index >= 15 is 0 Å². The zero-order valence-corrected chi connectivity index (χ0v) is 21.6. The van der Waals surface area contributed by atoms with Crippen molar-refractivity contribution in [2.24, 2.45) is 0 Å². The van der Waals surface area contributed by atoms with Gasteiger partial charge in [-0.15, -0.1) is 10.2 Å².